The fraction of sp³-hybridized carbons (Fsp3) is 1.00. The van der Waals surface area contributed by atoms with Crippen molar-refractivity contribution in [1.82, 2.24) is 5.32 Å². The molecule has 1 heterocycles. The van der Waals surface area contributed by atoms with E-state index in [9.17, 15) is 8.42 Å². The van der Waals surface area contributed by atoms with Crippen molar-refractivity contribution < 1.29 is 8.42 Å². The molecule has 0 aromatic carbocycles. The number of hydrogen-bond donors (Lipinski definition) is 1. The smallest absolute Gasteiger partial charge is 0.150 e. The van der Waals surface area contributed by atoms with Crippen LogP contribution >= 0.6 is 0 Å². The van der Waals surface area contributed by atoms with Crippen LogP contribution in [0.4, 0.5) is 0 Å². The molecule has 0 aromatic rings. The highest BCUT2D eigenvalue weighted by molar-refractivity contribution is 7.91. The largest absolute Gasteiger partial charge is 0.316 e. The summed E-state index contributed by atoms with van der Waals surface area (Å²) in [6.45, 7) is 4.02. The van der Waals surface area contributed by atoms with Crippen molar-refractivity contribution in [3.05, 3.63) is 0 Å². The third-order valence-corrected chi connectivity index (χ3v) is 4.89. The Kier molecular flexibility index (Phi) is 5.61. The van der Waals surface area contributed by atoms with Gasteiger partial charge in [0.05, 0.1) is 5.75 Å². The molecule has 15 heavy (non-hydrogen) atoms. The predicted molar refractivity (Wildman–Crippen MR) is 63.8 cm³/mol. The summed E-state index contributed by atoms with van der Waals surface area (Å²) in [6, 6.07) is 0. The van der Waals surface area contributed by atoms with Crippen molar-refractivity contribution in [2.24, 2.45) is 5.92 Å². The first-order valence-electron chi connectivity index (χ1n) is 6.05. The van der Waals surface area contributed by atoms with E-state index in [0.717, 1.165) is 25.9 Å². The summed E-state index contributed by atoms with van der Waals surface area (Å²) in [6.07, 6.45) is 5.25. The standard InChI is InChI=1S/C11H23NO2S/c1-2-8-15(13,14)9-6-11-5-3-4-7-12-10-11/h11-12H,2-10H2,1H3. The minimum atomic E-state index is -2.77. The highest BCUT2D eigenvalue weighted by atomic mass is 32.2. The summed E-state index contributed by atoms with van der Waals surface area (Å²) in [4.78, 5) is 0. The first-order chi connectivity index (χ1) is 7.14. The fourth-order valence-corrected chi connectivity index (χ4v) is 3.62. The lowest BCUT2D eigenvalue weighted by Crippen LogP contribution is -2.23. The molecule has 4 heteroatoms. The van der Waals surface area contributed by atoms with Gasteiger partial charge >= 0.3 is 0 Å². The van der Waals surface area contributed by atoms with E-state index in [1.54, 1.807) is 0 Å². The summed E-state index contributed by atoms with van der Waals surface area (Å²) in [7, 11) is -2.77. The van der Waals surface area contributed by atoms with Gasteiger partial charge in [-0.05, 0) is 44.7 Å². The van der Waals surface area contributed by atoms with Crippen LogP contribution in [0.15, 0.2) is 0 Å². The highest BCUT2D eigenvalue weighted by Gasteiger charge is 2.16. The lowest BCUT2D eigenvalue weighted by Gasteiger charge is -2.13. The van der Waals surface area contributed by atoms with E-state index in [-0.39, 0.29) is 0 Å². The Bertz CT molecular complexity index is 254. The summed E-state index contributed by atoms with van der Waals surface area (Å²) < 4.78 is 23.1. The van der Waals surface area contributed by atoms with Crippen LogP contribution in [0.2, 0.25) is 0 Å². The van der Waals surface area contributed by atoms with Crippen molar-refractivity contribution in [2.75, 3.05) is 24.6 Å². The Hall–Kier alpha value is -0.0900. The molecule has 1 aliphatic heterocycles. The summed E-state index contributed by atoms with van der Waals surface area (Å²) in [5, 5.41) is 3.37. The van der Waals surface area contributed by atoms with E-state index in [2.05, 4.69) is 5.32 Å². The molecule has 3 nitrogen and oxygen atoms in total. The van der Waals surface area contributed by atoms with Crippen LogP contribution in [0.5, 0.6) is 0 Å². The number of rotatable bonds is 5. The zero-order valence-corrected chi connectivity index (χ0v) is 10.5. The van der Waals surface area contributed by atoms with E-state index in [0.29, 0.717) is 17.4 Å². The van der Waals surface area contributed by atoms with E-state index in [1.807, 2.05) is 6.92 Å². The van der Waals surface area contributed by atoms with Gasteiger partial charge in [-0.3, -0.25) is 0 Å². The van der Waals surface area contributed by atoms with Gasteiger partial charge in [-0.1, -0.05) is 13.3 Å². The topological polar surface area (TPSA) is 46.2 Å². The molecule has 90 valence electrons. The van der Waals surface area contributed by atoms with Gasteiger partial charge in [0.1, 0.15) is 9.84 Å². The lowest BCUT2D eigenvalue weighted by atomic mass is 10.0. The second-order valence-corrected chi connectivity index (χ2v) is 6.81. The van der Waals surface area contributed by atoms with E-state index in [4.69, 9.17) is 0 Å². The van der Waals surface area contributed by atoms with E-state index in [1.165, 1.54) is 19.3 Å². The average molecular weight is 233 g/mol. The Labute approximate surface area is 93.6 Å². The molecule has 1 fully saturated rings. The molecule has 0 amide bonds. The highest BCUT2D eigenvalue weighted by Crippen LogP contribution is 2.16. The van der Waals surface area contributed by atoms with Gasteiger partial charge in [0.15, 0.2) is 0 Å². The Balaban J connectivity index is 2.28. The third-order valence-electron chi connectivity index (χ3n) is 3.00. The van der Waals surface area contributed by atoms with Crippen LogP contribution in [0.3, 0.4) is 0 Å². The number of hydrogen-bond acceptors (Lipinski definition) is 3. The van der Waals surface area contributed by atoms with Gasteiger partial charge in [0, 0.05) is 5.75 Å². The Morgan fingerprint density at radius 3 is 2.80 bits per heavy atom. The molecule has 0 spiro atoms. The van der Waals surface area contributed by atoms with Gasteiger partial charge < -0.3 is 5.32 Å². The molecule has 1 aliphatic rings. The molecule has 1 N–H and O–H groups in total. The lowest BCUT2D eigenvalue weighted by molar-refractivity contribution is 0.463. The maximum atomic E-state index is 11.5. The molecule has 1 rings (SSSR count). The molecule has 1 unspecified atom stereocenters. The number of sulfone groups is 1. The van der Waals surface area contributed by atoms with Crippen molar-refractivity contribution >= 4 is 9.84 Å². The summed E-state index contributed by atoms with van der Waals surface area (Å²) in [5.41, 5.74) is 0. The Morgan fingerprint density at radius 1 is 1.27 bits per heavy atom. The molecular formula is C11H23NO2S. The number of nitrogens with one attached hydrogen (secondary N) is 1. The molecule has 0 radical (unpaired) electrons. The van der Waals surface area contributed by atoms with Gasteiger partial charge in [-0.25, -0.2) is 8.42 Å². The molecule has 0 aromatic heterocycles. The normalized spacial score (nSPS) is 23.7. The van der Waals surface area contributed by atoms with Crippen molar-refractivity contribution in [1.29, 1.82) is 0 Å². The second-order valence-electron chi connectivity index (χ2n) is 4.51. The van der Waals surface area contributed by atoms with Crippen LogP contribution in [-0.4, -0.2) is 33.0 Å². The Morgan fingerprint density at radius 2 is 2.07 bits per heavy atom. The van der Waals surface area contributed by atoms with Crippen molar-refractivity contribution in [3.63, 3.8) is 0 Å². The first-order valence-corrected chi connectivity index (χ1v) is 7.87. The summed E-state index contributed by atoms with van der Waals surface area (Å²) >= 11 is 0. The van der Waals surface area contributed by atoms with Crippen molar-refractivity contribution in [2.45, 2.75) is 39.0 Å². The van der Waals surface area contributed by atoms with Crippen LogP contribution < -0.4 is 5.32 Å². The van der Waals surface area contributed by atoms with Gasteiger partial charge in [0.25, 0.3) is 0 Å². The quantitative estimate of drug-likeness (QED) is 0.784. The average Bonchev–Trinajstić information content (AvgIpc) is 2.43. The predicted octanol–water partition coefficient (Wildman–Crippen LogP) is 1.59. The van der Waals surface area contributed by atoms with Crippen LogP contribution in [-0.2, 0) is 9.84 Å². The van der Waals surface area contributed by atoms with Crippen LogP contribution in [0.1, 0.15) is 39.0 Å². The summed E-state index contributed by atoms with van der Waals surface area (Å²) in [5.74, 6) is 1.31. The van der Waals surface area contributed by atoms with Crippen LogP contribution in [0.25, 0.3) is 0 Å². The molecule has 1 saturated heterocycles. The van der Waals surface area contributed by atoms with E-state index < -0.39 is 9.84 Å². The van der Waals surface area contributed by atoms with Crippen LogP contribution in [0, 0.1) is 5.92 Å². The second kappa shape index (κ2) is 6.48. The molecular weight excluding hydrogens is 210 g/mol. The van der Waals surface area contributed by atoms with Crippen molar-refractivity contribution in [3.8, 4) is 0 Å². The first kappa shape index (κ1) is 13.0. The monoisotopic (exact) mass is 233 g/mol. The zero-order chi connectivity index (χ0) is 11.1. The minimum Gasteiger partial charge on any atom is -0.316 e. The molecule has 0 aliphatic carbocycles. The zero-order valence-electron chi connectivity index (χ0n) is 9.67. The maximum absolute atomic E-state index is 11.5. The van der Waals surface area contributed by atoms with Gasteiger partial charge in [0.2, 0.25) is 0 Å². The molecule has 0 bridgehead atoms. The molecule has 0 saturated carbocycles. The fourth-order valence-electron chi connectivity index (χ4n) is 2.10. The third kappa shape index (κ3) is 5.52. The maximum Gasteiger partial charge on any atom is 0.150 e. The minimum absolute atomic E-state index is 0.354. The van der Waals surface area contributed by atoms with Gasteiger partial charge in [-0.15, -0.1) is 0 Å². The van der Waals surface area contributed by atoms with Gasteiger partial charge in [-0.2, -0.15) is 0 Å². The molecule has 1 atom stereocenters. The van der Waals surface area contributed by atoms with E-state index >= 15 is 0 Å². The SMILES string of the molecule is CCCS(=O)(=O)CCC1CCCCNC1.